The number of imidazole rings is 1. The number of pyridine rings is 1. The van der Waals surface area contributed by atoms with Crippen molar-refractivity contribution in [3.63, 3.8) is 0 Å². The van der Waals surface area contributed by atoms with E-state index >= 15 is 0 Å². The highest BCUT2D eigenvalue weighted by Gasteiger charge is 2.31. The summed E-state index contributed by atoms with van der Waals surface area (Å²) in [4.78, 5) is 41.5. The number of hydrogen-bond donors (Lipinski definition) is 3. The summed E-state index contributed by atoms with van der Waals surface area (Å²) in [6.45, 7) is 4.76. The first-order valence-electron chi connectivity index (χ1n) is 11.9. The van der Waals surface area contributed by atoms with E-state index in [9.17, 15) is 27.9 Å². The summed E-state index contributed by atoms with van der Waals surface area (Å²) in [6.07, 6.45) is -3.23. The summed E-state index contributed by atoms with van der Waals surface area (Å²) in [6, 6.07) is 8.76. The molecule has 1 atom stereocenters. The molecular weight excluding hydrogens is 503 g/mol. The third-order valence-corrected chi connectivity index (χ3v) is 5.98. The van der Waals surface area contributed by atoms with Crippen LogP contribution in [-0.4, -0.2) is 60.9 Å². The molecule has 0 amide bonds. The molecule has 10 nitrogen and oxygen atoms in total. The van der Waals surface area contributed by atoms with Crippen molar-refractivity contribution in [2.24, 2.45) is 0 Å². The number of benzene rings is 1. The molecule has 200 valence electrons. The largest absolute Gasteiger partial charge is 0.480 e. The molecule has 0 spiro atoms. The number of aromatic nitrogens is 5. The third kappa shape index (κ3) is 5.93. The van der Waals surface area contributed by atoms with Gasteiger partial charge in [0.15, 0.2) is 5.65 Å². The lowest BCUT2D eigenvalue weighted by Crippen LogP contribution is -2.33. The maximum Gasteiger partial charge on any atom is 0.393 e. The number of carboxylic acids is 1. The number of anilines is 2. The van der Waals surface area contributed by atoms with E-state index in [-0.39, 0.29) is 29.4 Å². The fraction of sp³-hybridized carbons (Fsp3) is 0.320. The molecule has 0 radical (unpaired) electrons. The van der Waals surface area contributed by atoms with E-state index < -0.39 is 24.6 Å². The first-order valence-corrected chi connectivity index (χ1v) is 11.9. The lowest BCUT2D eigenvalue weighted by molar-refractivity contribution is -0.137. The van der Waals surface area contributed by atoms with Gasteiger partial charge in [0, 0.05) is 37.5 Å². The van der Waals surface area contributed by atoms with Gasteiger partial charge in [-0.25, -0.2) is 24.1 Å². The number of nitrogens with one attached hydrogen (secondary N) is 2. The Bertz CT molecular complexity index is 1480. The van der Waals surface area contributed by atoms with Gasteiger partial charge in [-0.05, 0) is 43.7 Å². The molecule has 3 heterocycles. The van der Waals surface area contributed by atoms with E-state index in [0.717, 1.165) is 6.20 Å². The summed E-state index contributed by atoms with van der Waals surface area (Å²) in [7, 11) is 0. The Labute approximate surface area is 215 Å². The van der Waals surface area contributed by atoms with E-state index in [4.69, 9.17) is 0 Å². The van der Waals surface area contributed by atoms with E-state index in [1.54, 1.807) is 47.5 Å². The molecule has 0 saturated heterocycles. The third-order valence-electron chi connectivity index (χ3n) is 5.98. The minimum absolute atomic E-state index is 0.0489. The van der Waals surface area contributed by atoms with Crippen LogP contribution in [0, 0.1) is 0 Å². The van der Waals surface area contributed by atoms with E-state index in [1.165, 1.54) is 4.57 Å². The van der Waals surface area contributed by atoms with Crippen molar-refractivity contribution in [2.45, 2.75) is 38.9 Å². The van der Waals surface area contributed by atoms with Crippen molar-refractivity contribution < 1.29 is 23.1 Å². The number of carbonyl (C=O) groups is 1. The minimum Gasteiger partial charge on any atom is -0.480 e. The molecule has 0 bridgehead atoms. The van der Waals surface area contributed by atoms with Crippen molar-refractivity contribution in [3.05, 3.63) is 70.4 Å². The maximum absolute atomic E-state index is 13.2. The van der Waals surface area contributed by atoms with Gasteiger partial charge >= 0.3 is 17.8 Å². The van der Waals surface area contributed by atoms with Gasteiger partial charge in [-0.1, -0.05) is 12.1 Å². The highest BCUT2D eigenvalue weighted by molar-refractivity contribution is 5.78. The number of halogens is 3. The highest BCUT2D eigenvalue weighted by atomic mass is 19.4. The van der Waals surface area contributed by atoms with Gasteiger partial charge < -0.3 is 20.3 Å². The first kappa shape index (κ1) is 26.6. The molecule has 4 rings (SSSR count). The number of nitrogens with zero attached hydrogens (tertiary/aromatic N) is 5. The summed E-state index contributed by atoms with van der Waals surface area (Å²) in [5.74, 6) is -1.23. The number of alkyl halides is 3. The molecule has 3 aromatic heterocycles. The van der Waals surface area contributed by atoms with Gasteiger partial charge in [0.25, 0.3) is 0 Å². The smallest absolute Gasteiger partial charge is 0.393 e. The van der Waals surface area contributed by atoms with Gasteiger partial charge in [-0.2, -0.15) is 18.2 Å². The summed E-state index contributed by atoms with van der Waals surface area (Å²) in [5.41, 5.74) is 1.50. The van der Waals surface area contributed by atoms with E-state index in [1.807, 2.05) is 13.8 Å². The van der Waals surface area contributed by atoms with Crippen LogP contribution in [-0.2, 0) is 17.6 Å². The predicted molar refractivity (Wildman–Crippen MR) is 136 cm³/mol. The standard InChI is InChI=1S/C25H26F3N7O3/c1-3-34(4-2)23-30-14-16(13-25(26,27)28)20(33-23)31-19(22(36)37)12-15-7-9-17(10-8-15)35-21-18(32-24(35)38)6-5-11-29-21/h5-11,14,19H,3-4,12-13H2,1-2H3,(H,32,38)(H,36,37)(H,30,31,33)/t19-/m0/s1. The topological polar surface area (TPSA) is 129 Å². The molecule has 0 aliphatic heterocycles. The first-order chi connectivity index (χ1) is 18.1. The van der Waals surface area contributed by atoms with Crippen LogP contribution in [0.1, 0.15) is 25.0 Å². The number of H-pyrrole nitrogens is 1. The van der Waals surface area contributed by atoms with Gasteiger partial charge in [-0.15, -0.1) is 0 Å². The molecular formula is C25H26F3N7O3. The number of hydrogen-bond acceptors (Lipinski definition) is 7. The van der Waals surface area contributed by atoms with Crippen LogP contribution < -0.4 is 15.9 Å². The number of aromatic amines is 1. The molecule has 1 aromatic carbocycles. The molecule has 0 saturated carbocycles. The normalized spacial score (nSPS) is 12.4. The van der Waals surface area contributed by atoms with E-state index in [2.05, 4.69) is 25.3 Å². The Balaban J connectivity index is 1.61. The Kier molecular flexibility index (Phi) is 7.65. The average Bonchev–Trinajstić information content (AvgIpc) is 3.21. The lowest BCUT2D eigenvalue weighted by Gasteiger charge is -2.22. The van der Waals surface area contributed by atoms with Crippen LogP contribution in [0.3, 0.4) is 0 Å². The molecule has 4 aromatic rings. The van der Waals surface area contributed by atoms with Crippen LogP contribution in [0.25, 0.3) is 16.9 Å². The number of aliphatic carboxylic acids is 1. The fourth-order valence-corrected chi connectivity index (χ4v) is 4.09. The van der Waals surface area contributed by atoms with Gasteiger partial charge in [0.2, 0.25) is 5.95 Å². The second-order valence-electron chi connectivity index (χ2n) is 8.55. The molecule has 13 heteroatoms. The van der Waals surface area contributed by atoms with Gasteiger partial charge in [-0.3, -0.25) is 0 Å². The van der Waals surface area contributed by atoms with Crippen LogP contribution in [0.5, 0.6) is 0 Å². The molecule has 3 N–H and O–H groups in total. The Morgan fingerprint density at radius 2 is 1.87 bits per heavy atom. The Hall–Kier alpha value is -4.42. The zero-order chi connectivity index (χ0) is 27.4. The number of fused-ring (bicyclic) bond motifs is 1. The second-order valence-corrected chi connectivity index (χ2v) is 8.55. The van der Waals surface area contributed by atoms with Crippen molar-refractivity contribution >= 4 is 28.9 Å². The fourth-order valence-electron chi connectivity index (χ4n) is 4.09. The zero-order valence-electron chi connectivity index (χ0n) is 20.7. The zero-order valence-corrected chi connectivity index (χ0v) is 20.7. The molecule has 38 heavy (non-hydrogen) atoms. The van der Waals surface area contributed by atoms with Crippen molar-refractivity contribution in [1.82, 2.24) is 24.5 Å². The SMILES string of the molecule is CCN(CC)c1ncc(CC(F)(F)F)c(N[C@@H](Cc2ccc(-n3c(=O)[nH]c4cccnc43)cc2)C(=O)O)n1. The number of rotatable bonds is 10. The van der Waals surface area contributed by atoms with Crippen LogP contribution in [0.2, 0.25) is 0 Å². The highest BCUT2D eigenvalue weighted by Crippen LogP contribution is 2.27. The second kappa shape index (κ2) is 10.9. The van der Waals surface area contributed by atoms with Crippen molar-refractivity contribution in [1.29, 1.82) is 0 Å². The summed E-state index contributed by atoms with van der Waals surface area (Å²) < 4.78 is 41.0. The van der Waals surface area contributed by atoms with Crippen LogP contribution >= 0.6 is 0 Å². The van der Waals surface area contributed by atoms with Gasteiger partial charge in [0.05, 0.1) is 17.6 Å². The predicted octanol–water partition coefficient (Wildman–Crippen LogP) is 3.56. The van der Waals surface area contributed by atoms with E-state index in [0.29, 0.717) is 35.5 Å². The Morgan fingerprint density at radius 3 is 2.50 bits per heavy atom. The molecule has 0 aliphatic rings. The summed E-state index contributed by atoms with van der Waals surface area (Å²) in [5, 5.41) is 12.5. The average molecular weight is 530 g/mol. The van der Waals surface area contributed by atoms with Crippen LogP contribution in [0.15, 0.2) is 53.6 Å². The van der Waals surface area contributed by atoms with Crippen LogP contribution in [0.4, 0.5) is 24.9 Å². The molecule has 0 fully saturated rings. The quantitative estimate of drug-likeness (QED) is 0.285. The Morgan fingerprint density at radius 1 is 1.16 bits per heavy atom. The monoisotopic (exact) mass is 529 g/mol. The maximum atomic E-state index is 13.2. The van der Waals surface area contributed by atoms with Gasteiger partial charge in [0.1, 0.15) is 11.9 Å². The lowest BCUT2D eigenvalue weighted by atomic mass is 10.0. The molecule has 0 aliphatic carbocycles. The summed E-state index contributed by atoms with van der Waals surface area (Å²) >= 11 is 0. The molecule has 0 unspecified atom stereocenters. The number of carboxylic acid groups (broad SMARTS) is 1. The van der Waals surface area contributed by atoms with Crippen molar-refractivity contribution in [2.75, 3.05) is 23.3 Å². The minimum atomic E-state index is -4.53. The van der Waals surface area contributed by atoms with Crippen molar-refractivity contribution in [3.8, 4) is 5.69 Å².